The maximum absolute atomic E-state index is 11.5. The highest BCUT2D eigenvalue weighted by Gasteiger charge is 2.11. The van der Waals surface area contributed by atoms with E-state index in [-0.39, 0.29) is 5.56 Å². The van der Waals surface area contributed by atoms with Crippen LogP contribution >= 0.6 is 0 Å². The summed E-state index contributed by atoms with van der Waals surface area (Å²) in [5.74, 6) is -1.41. The zero-order valence-electron chi connectivity index (χ0n) is 14.5. The first-order valence-corrected chi connectivity index (χ1v) is 8.27. The first-order chi connectivity index (χ1) is 13.0. The lowest BCUT2D eigenvalue weighted by Crippen LogP contribution is -1.98. The molecule has 1 N–H and O–H groups in total. The molecule has 0 atom stereocenters. The van der Waals surface area contributed by atoms with Gasteiger partial charge >= 0.3 is 11.9 Å². The molecule has 2 aromatic carbocycles. The largest absolute Gasteiger partial charge is 0.478 e. The fourth-order valence-electron chi connectivity index (χ4n) is 2.77. The second-order valence-corrected chi connectivity index (χ2v) is 5.74. The fraction of sp³-hybridized carbons (Fsp3) is 0.0952. The molecule has 0 bridgehead atoms. The fourth-order valence-corrected chi connectivity index (χ4v) is 2.77. The third kappa shape index (κ3) is 3.72. The average Bonchev–Trinajstić information content (AvgIpc) is 3.04. The van der Waals surface area contributed by atoms with E-state index in [4.69, 9.17) is 9.84 Å². The molecule has 0 saturated carbocycles. The number of hydrogen-bond donors (Lipinski definition) is 1. The van der Waals surface area contributed by atoms with Crippen LogP contribution in [0.25, 0.3) is 22.7 Å². The van der Waals surface area contributed by atoms with Crippen LogP contribution in [0.1, 0.15) is 28.4 Å². The summed E-state index contributed by atoms with van der Waals surface area (Å²) in [7, 11) is 0. The highest BCUT2D eigenvalue weighted by Crippen LogP contribution is 2.26. The molecule has 0 amide bonds. The van der Waals surface area contributed by atoms with Gasteiger partial charge in [-0.3, -0.25) is 0 Å². The van der Waals surface area contributed by atoms with Gasteiger partial charge in [-0.25, -0.2) is 9.59 Å². The van der Waals surface area contributed by atoms with Crippen molar-refractivity contribution < 1.29 is 19.4 Å². The highest BCUT2D eigenvalue weighted by atomic mass is 16.5. The van der Waals surface area contributed by atoms with Gasteiger partial charge in [-0.15, -0.1) is 0 Å². The number of rotatable bonds is 5. The van der Waals surface area contributed by atoms with Gasteiger partial charge in [-0.2, -0.15) is 5.26 Å². The third-order valence-electron chi connectivity index (χ3n) is 4.04. The van der Waals surface area contributed by atoms with E-state index < -0.39 is 11.9 Å². The maximum atomic E-state index is 11.5. The zero-order chi connectivity index (χ0) is 19.4. The Balaban J connectivity index is 2.02. The van der Waals surface area contributed by atoms with E-state index in [0.717, 1.165) is 22.2 Å². The summed E-state index contributed by atoms with van der Waals surface area (Å²) >= 11 is 0. The minimum Gasteiger partial charge on any atom is -0.478 e. The number of carbonyl (C=O) groups is 2. The van der Waals surface area contributed by atoms with E-state index in [1.165, 1.54) is 18.2 Å². The van der Waals surface area contributed by atoms with Gasteiger partial charge in [0.1, 0.15) is 6.07 Å². The van der Waals surface area contributed by atoms with Crippen LogP contribution in [0, 0.1) is 11.3 Å². The molecule has 1 heterocycles. The Bertz CT molecular complexity index is 1090. The van der Waals surface area contributed by atoms with Crippen molar-refractivity contribution >= 4 is 28.9 Å². The molecule has 6 heteroatoms. The third-order valence-corrected chi connectivity index (χ3v) is 4.04. The van der Waals surface area contributed by atoms with Crippen molar-refractivity contribution in [3.05, 3.63) is 71.4 Å². The van der Waals surface area contributed by atoms with Crippen molar-refractivity contribution in [2.75, 3.05) is 6.61 Å². The van der Waals surface area contributed by atoms with Gasteiger partial charge in [0, 0.05) is 23.3 Å². The molecule has 3 rings (SSSR count). The molecule has 0 aliphatic carbocycles. The number of nitrogens with zero attached hydrogens (tertiary/aromatic N) is 2. The molecule has 134 valence electrons. The minimum atomic E-state index is -0.991. The number of aromatic nitrogens is 1. The lowest BCUT2D eigenvalue weighted by Gasteiger charge is -2.06. The van der Waals surface area contributed by atoms with Crippen LogP contribution in [0.15, 0.2) is 54.7 Å². The van der Waals surface area contributed by atoms with Crippen molar-refractivity contribution in [2.45, 2.75) is 6.92 Å². The lowest BCUT2D eigenvalue weighted by molar-refractivity contribution is -0.137. The Labute approximate surface area is 155 Å². The molecule has 0 radical (unpaired) electrons. The standard InChI is InChI=1S/C21H16N2O4/c1-2-27-20(24)10-4-14-3-9-19-18(11-14)16(12-22)13-23(19)17-7-5-15(6-8-17)21(25)26/h3-11,13H,2H2,1H3,(H,25,26)/b10-4+. The molecule has 0 spiro atoms. The summed E-state index contributed by atoms with van der Waals surface area (Å²) < 4.78 is 6.69. The number of carboxylic acids is 1. The SMILES string of the molecule is CCOC(=O)/C=C/c1ccc2c(c1)c(C#N)cn2-c1ccc(C(=O)O)cc1. The maximum Gasteiger partial charge on any atom is 0.335 e. The first-order valence-electron chi connectivity index (χ1n) is 8.27. The van der Waals surface area contributed by atoms with Gasteiger partial charge in [-0.1, -0.05) is 6.07 Å². The Morgan fingerprint density at radius 3 is 2.59 bits per heavy atom. The Hall–Kier alpha value is -3.85. The second-order valence-electron chi connectivity index (χ2n) is 5.74. The second kappa shape index (κ2) is 7.58. The van der Waals surface area contributed by atoms with E-state index in [9.17, 15) is 14.9 Å². The Kier molecular flexibility index (Phi) is 5.04. The normalized spacial score (nSPS) is 10.8. The predicted molar refractivity (Wildman–Crippen MR) is 101 cm³/mol. The van der Waals surface area contributed by atoms with Gasteiger partial charge in [-0.05, 0) is 55.0 Å². The van der Waals surface area contributed by atoms with E-state index in [1.807, 2.05) is 22.8 Å². The van der Waals surface area contributed by atoms with E-state index in [2.05, 4.69) is 6.07 Å². The number of carboxylic acid groups (broad SMARTS) is 1. The van der Waals surface area contributed by atoms with Crippen molar-refractivity contribution in [3.63, 3.8) is 0 Å². The van der Waals surface area contributed by atoms with Crippen molar-refractivity contribution in [1.29, 1.82) is 5.26 Å². The molecular weight excluding hydrogens is 344 g/mol. The van der Waals surface area contributed by atoms with Crippen LogP contribution in [0.5, 0.6) is 0 Å². The first kappa shape index (κ1) is 18.0. The summed E-state index contributed by atoms with van der Waals surface area (Å²) in [4.78, 5) is 22.5. The Morgan fingerprint density at radius 2 is 1.96 bits per heavy atom. The minimum absolute atomic E-state index is 0.196. The lowest BCUT2D eigenvalue weighted by atomic mass is 10.1. The number of benzene rings is 2. The molecule has 6 nitrogen and oxygen atoms in total. The molecule has 0 aliphatic rings. The van der Waals surface area contributed by atoms with E-state index in [1.54, 1.807) is 31.3 Å². The topological polar surface area (TPSA) is 92.3 Å². The van der Waals surface area contributed by atoms with Gasteiger partial charge in [0.2, 0.25) is 0 Å². The number of aromatic carboxylic acids is 1. The summed E-state index contributed by atoms with van der Waals surface area (Å²) in [6.45, 7) is 2.05. The number of fused-ring (bicyclic) bond motifs is 1. The van der Waals surface area contributed by atoms with Crippen molar-refractivity contribution in [3.8, 4) is 11.8 Å². The number of esters is 1. The van der Waals surface area contributed by atoms with E-state index in [0.29, 0.717) is 12.2 Å². The molecule has 1 aromatic heterocycles. The number of hydrogen-bond acceptors (Lipinski definition) is 4. The monoisotopic (exact) mass is 360 g/mol. The van der Waals surface area contributed by atoms with Gasteiger partial charge in [0.15, 0.2) is 0 Å². The highest BCUT2D eigenvalue weighted by molar-refractivity contribution is 5.92. The smallest absolute Gasteiger partial charge is 0.335 e. The molecule has 0 aliphatic heterocycles. The van der Waals surface area contributed by atoms with Crippen LogP contribution in [0.2, 0.25) is 0 Å². The molecule has 3 aromatic rings. The van der Waals surface area contributed by atoms with Crippen LogP contribution in [-0.4, -0.2) is 28.2 Å². The van der Waals surface area contributed by atoms with Crippen molar-refractivity contribution in [2.24, 2.45) is 0 Å². The summed E-state index contributed by atoms with van der Waals surface area (Å²) in [5, 5.41) is 19.2. The number of ether oxygens (including phenoxy) is 1. The van der Waals surface area contributed by atoms with Crippen LogP contribution in [-0.2, 0) is 9.53 Å². The summed E-state index contributed by atoms with van der Waals surface area (Å²) in [5.41, 5.74) is 3.01. The average molecular weight is 360 g/mol. The molecule has 27 heavy (non-hydrogen) atoms. The van der Waals surface area contributed by atoms with Crippen LogP contribution in [0.4, 0.5) is 0 Å². The van der Waals surface area contributed by atoms with Gasteiger partial charge in [0.25, 0.3) is 0 Å². The van der Waals surface area contributed by atoms with Gasteiger partial charge < -0.3 is 14.4 Å². The molecule has 0 saturated heterocycles. The van der Waals surface area contributed by atoms with E-state index >= 15 is 0 Å². The Morgan fingerprint density at radius 1 is 1.22 bits per heavy atom. The molecule has 0 fully saturated rings. The zero-order valence-corrected chi connectivity index (χ0v) is 14.5. The summed E-state index contributed by atoms with van der Waals surface area (Å²) in [6, 6.07) is 14.1. The molecule has 0 unspecified atom stereocenters. The number of carbonyl (C=O) groups excluding carboxylic acids is 1. The molecular formula is C21H16N2O4. The van der Waals surface area contributed by atoms with Crippen molar-refractivity contribution in [1.82, 2.24) is 4.57 Å². The van der Waals surface area contributed by atoms with Crippen LogP contribution < -0.4 is 0 Å². The summed E-state index contributed by atoms with van der Waals surface area (Å²) in [6.07, 6.45) is 4.69. The quantitative estimate of drug-likeness (QED) is 0.552. The van der Waals surface area contributed by atoms with Gasteiger partial charge in [0.05, 0.1) is 23.3 Å². The predicted octanol–water partition coefficient (Wildman–Crippen LogP) is 3.78. The number of nitriles is 1. The van der Waals surface area contributed by atoms with Crippen LogP contribution in [0.3, 0.4) is 0 Å².